The summed E-state index contributed by atoms with van der Waals surface area (Å²) in [5, 5.41) is 6.29. The second-order valence-corrected chi connectivity index (χ2v) is 4.65. The van der Waals surface area contributed by atoms with E-state index in [1.807, 2.05) is 6.92 Å². The van der Waals surface area contributed by atoms with Crippen LogP contribution in [0.3, 0.4) is 0 Å². The van der Waals surface area contributed by atoms with Crippen molar-refractivity contribution in [3.63, 3.8) is 0 Å². The quantitative estimate of drug-likeness (QED) is 0.550. The molecule has 1 fully saturated rings. The Labute approximate surface area is 104 Å². The molecule has 4 N–H and O–H groups in total. The number of nitrogens with one attached hydrogen (secondary N) is 2. The van der Waals surface area contributed by atoms with Crippen molar-refractivity contribution in [2.75, 3.05) is 32.7 Å². The largest absolute Gasteiger partial charge is 0.355 e. The maximum atomic E-state index is 12.0. The topological polar surface area (TPSA) is 70.4 Å². The van der Waals surface area contributed by atoms with Gasteiger partial charge in [-0.25, -0.2) is 0 Å². The number of nitrogens with two attached hydrogens (primary N) is 1. The Morgan fingerprint density at radius 3 is 3.06 bits per heavy atom. The number of piperazine rings is 1. The predicted molar refractivity (Wildman–Crippen MR) is 69.8 cm³/mol. The van der Waals surface area contributed by atoms with E-state index in [2.05, 4.69) is 22.5 Å². The highest BCUT2D eigenvalue weighted by Gasteiger charge is 2.28. The van der Waals surface area contributed by atoms with E-state index in [0.29, 0.717) is 6.54 Å². The number of nitrogens with zero attached hydrogens (tertiary/aromatic N) is 1. The zero-order valence-corrected chi connectivity index (χ0v) is 11.0. The van der Waals surface area contributed by atoms with Crippen LogP contribution in [0, 0.1) is 0 Å². The molecule has 0 spiro atoms. The first-order chi connectivity index (χ1) is 8.20. The van der Waals surface area contributed by atoms with Gasteiger partial charge in [0.1, 0.15) is 0 Å². The lowest BCUT2D eigenvalue weighted by Gasteiger charge is -2.38. The van der Waals surface area contributed by atoms with E-state index in [4.69, 9.17) is 5.73 Å². The van der Waals surface area contributed by atoms with E-state index in [1.165, 1.54) is 0 Å². The fraction of sp³-hybridized carbons (Fsp3) is 0.917. The average Bonchev–Trinajstić information content (AvgIpc) is 2.38. The summed E-state index contributed by atoms with van der Waals surface area (Å²) < 4.78 is 0. The van der Waals surface area contributed by atoms with Crippen molar-refractivity contribution < 1.29 is 4.79 Å². The average molecular weight is 242 g/mol. The Bertz CT molecular complexity index is 235. The van der Waals surface area contributed by atoms with Gasteiger partial charge in [0.25, 0.3) is 0 Å². The lowest BCUT2D eigenvalue weighted by atomic mass is 10.1. The van der Waals surface area contributed by atoms with Crippen molar-refractivity contribution in [1.29, 1.82) is 0 Å². The number of carbonyl (C=O) groups is 1. The van der Waals surface area contributed by atoms with E-state index in [0.717, 1.165) is 39.0 Å². The molecule has 5 heteroatoms. The van der Waals surface area contributed by atoms with Crippen LogP contribution in [-0.4, -0.2) is 55.6 Å². The number of hydrogen-bond donors (Lipinski definition) is 3. The summed E-state index contributed by atoms with van der Waals surface area (Å²) in [6.45, 7) is 8.17. The molecule has 17 heavy (non-hydrogen) atoms. The van der Waals surface area contributed by atoms with Gasteiger partial charge in [-0.3, -0.25) is 9.69 Å². The number of hydrogen-bond acceptors (Lipinski definition) is 4. The number of rotatable bonds is 6. The molecule has 2 unspecified atom stereocenters. The molecule has 0 aromatic rings. The Morgan fingerprint density at radius 2 is 2.41 bits per heavy atom. The fourth-order valence-electron chi connectivity index (χ4n) is 2.19. The van der Waals surface area contributed by atoms with Gasteiger partial charge >= 0.3 is 0 Å². The van der Waals surface area contributed by atoms with Crippen molar-refractivity contribution in [1.82, 2.24) is 15.5 Å². The molecule has 1 saturated heterocycles. The molecule has 0 aromatic heterocycles. The van der Waals surface area contributed by atoms with Crippen molar-refractivity contribution in [2.24, 2.45) is 5.73 Å². The van der Waals surface area contributed by atoms with Crippen LogP contribution in [0.2, 0.25) is 0 Å². The summed E-state index contributed by atoms with van der Waals surface area (Å²) >= 11 is 0. The van der Waals surface area contributed by atoms with Crippen molar-refractivity contribution >= 4 is 5.91 Å². The van der Waals surface area contributed by atoms with Crippen LogP contribution < -0.4 is 16.4 Å². The van der Waals surface area contributed by atoms with Gasteiger partial charge in [-0.05, 0) is 13.3 Å². The summed E-state index contributed by atoms with van der Waals surface area (Å²) in [7, 11) is 0. The minimum atomic E-state index is -0.0810. The van der Waals surface area contributed by atoms with Gasteiger partial charge in [0.2, 0.25) is 5.91 Å². The highest BCUT2D eigenvalue weighted by molar-refractivity contribution is 5.81. The molecule has 1 rings (SSSR count). The summed E-state index contributed by atoms with van der Waals surface area (Å²) in [5.74, 6) is 0.124. The first-order valence-corrected chi connectivity index (χ1v) is 6.65. The molecule has 1 aliphatic rings. The molecule has 0 aromatic carbocycles. The zero-order chi connectivity index (χ0) is 12.7. The van der Waals surface area contributed by atoms with Crippen LogP contribution in [0.1, 0.15) is 26.7 Å². The second-order valence-electron chi connectivity index (χ2n) is 4.65. The summed E-state index contributed by atoms with van der Waals surface area (Å²) in [6.07, 6.45) is 2.15. The minimum absolute atomic E-state index is 0.0810. The van der Waals surface area contributed by atoms with Crippen molar-refractivity contribution in [2.45, 2.75) is 38.8 Å². The van der Waals surface area contributed by atoms with Crippen molar-refractivity contribution in [3.05, 3.63) is 0 Å². The smallest absolute Gasteiger partial charge is 0.237 e. The van der Waals surface area contributed by atoms with Gasteiger partial charge in [-0.1, -0.05) is 13.3 Å². The molecule has 1 heterocycles. The maximum Gasteiger partial charge on any atom is 0.237 e. The third-order valence-corrected chi connectivity index (χ3v) is 3.37. The molecular weight excluding hydrogens is 216 g/mol. The van der Waals surface area contributed by atoms with Crippen LogP contribution in [-0.2, 0) is 4.79 Å². The van der Waals surface area contributed by atoms with Crippen LogP contribution in [0.25, 0.3) is 0 Å². The molecule has 1 amide bonds. The Kier molecular flexibility index (Phi) is 6.47. The molecule has 0 saturated carbocycles. The maximum absolute atomic E-state index is 12.0. The molecular formula is C12H26N4O. The number of carbonyl (C=O) groups excluding carboxylic acids is 1. The van der Waals surface area contributed by atoms with E-state index in [9.17, 15) is 4.79 Å². The van der Waals surface area contributed by atoms with Gasteiger partial charge < -0.3 is 16.4 Å². The van der Waals surface area contributed by atoms with Gasteiger partial charge in [-0.2, -0.15) is 0 Å². The molecule has 0 radical (unpaired) electrons. The van der Waals surface area contributed by atoms with E-state index in [-0.39, 0.29) is 18.0 Å². The second kappa shape index (κ2) is 7.63. The first-order valence-electron chi connectivity index (χ1n) is 6.65. The molecule has 2 atom stereocenters. The molecule has 1 aliphatic heterocycles. The number of amides is 1. The Hall–Kier alpha value is -0.650. The molecule has 0 aliphatic carbocycles. The number of unbranched alkanes of at least 4 members (excludes halogenated alkanes) is 1. The third-order valence-electron chi connectivity index (χ3n) is 3.37. The molecule has 0 bridgehead atoms. The Balaban J connectivity index is 2.42. The highest BCUT2D eigenvalue weighted by Crippen LogP contribution is 2.07. The first kappa shape index (κ1) is 14.4. The van der Waals surface area contributed by atoms with Crippen LogP contribution in [0.5, 0.6) is 0 Å². The van der Waals surface area contributed by atoms with E-state index in [1.54, 1.807) is 0 Å². The Morgan fingerprint density at radius 1 is 1.65 bits per heavy atom. The van der Waals surface area contributed by atoms with Gasteiger partial charge in [0.05, 0.1) is 6.04 Å². The summed E-state index contributed by atoms with van der Waals surface area (Å²) in [6, 6.07) is 0.193. The van der Waals surface area contributed by atoms with E-state index >= 15 is 0 Å². The monoisotopic (exact) mass is 242 g/mol. The predicted octanol–water partition coefficient (Wildman–Crippen LogP) is -0.476. The normalized spacial score (nSPS) is 23.4. The van der Waals surface area contributed by atoms with Gasteiger partial charge in [-0.15, -0.1) is 0 Å². The third kappa shape index (κ3) is 4.26. The molecule has 100 valence electrons. The lowest BCUT2D eigenvalue weighted by molar-refractivity contribution is -0.127. The minimum Gasteiger partial charge on any atom is -0.355 e. The van der Waals surface area contributed by atoms with E-state index < -0.39 is 0 Å². The van der Waals surface area contributed by atoms with Crippen LogP contribution in [0.15, 0.2) is 0 Å². The van der Waals surface area contributed by atoms with Crippen LogP contribution in [0.4, 0.5) is 0 Å². The van der Waals surface area contributed by atoms with Gasteiger partial charge in [0.15, 0.2) is 0 Å². The highest BCUT2D eigenvalue weighted by atomic mass is 16.2. The van der Waals surface area contributed by atoms with Crippen LogP contribution >= 0.6 is 0 Å². The molecule has 5 nitrogen and oxygen atoms in total. The lowest BCUT2D eigenvalue weighted by Crippen LogP contribution is -2.60. The standard InChI is InChI=1S/C12H26N4O/c1-3-4-5-15-12(17)10(2)16-7-6-14-9-11(16)8-13/h10-11,14H,3-9,13H2,1-2H3,(H,15,17). The summed E-state index contributed by atoms with van der Waals surface area (Å²) in [4.78, 5) is 14.2. The SMILES string of the molecule is CCCCNC(=O)C(C)N1CCNCC1CN. The summed E-state index contributed by atoms with van der Waals surface area (Å²) in [5.41, 5.74) is 5.74. The fourth-order valence-corrected chi connectivity index (χ4v) is 2.19. The van der Waals surface area contributed by atoms with Crippen molar-refractivity contribution in [3.8, 4) is 0 Å². The zero-order valence-electron chi connectivity index (χ0n) is 11.0. The van der Waals surface area contributed by atoms with Gasteiger partial charge in [0, 0.05) is 38.8 Å².